The van der Waals surface area contributed by atoms with Crippen LogP contribution in [0.1, 0.15) is 12.5 Å². The Kier molecular flexibility index (Phi) is 3.29. The molecule has 14 heavy (non-hydrogen) atoms. The summed E-state index contributed by atoms with van der Waals surface area (Å²) in [5.74, 6) is -0.450. The average molecular weight is 190 g/mol. The molecule has 0 aliphatic heterocycles. The minimum atomic E-state index is -0.450. The predicted molar refractivity (Wildman–Crippen MR) is 56.2 cm³/mol. The van der Waals surface area contributed by atoms with Crippen LogP contribution in [0, 0.1) is 0 Å². The first kappa shape index (κ1) is 10.3. The molecule has 0 saturated heterocycles. The van der Waals surface area contributed by atoms with E-state index < -0.39 is 5.91 Å². The second-order valence-corrected chi connectivity index (χ2v) is 3.19. The minimum Gasteiger partial charge on any atom is -0.402 e. The molecule has 1 rings (SSSR count). The van der Waals surface area contributed by atoms with E-state index in [-0.39, 0.29) is 0 Å². The van der Waals surface area contributed by atoms with Crippen molar-refractivity contribution in [1.82, 2.24) is 0 Å². The fourth-order valence-electron chi connectivity index (χ4n) is 1.22. The third kappa shape index (κ3) is 2.62. The summed E-state index contributed by atoms with van der Waals surface area (Å²) in [6.07, 6.45) is 0.499. The fraction of sp³-hybridized carbons (Fsp3) is 0.182. The molecule has 3 heteroatoms. The van der Waals surface area contributed by atoms with Crippen LogP contribution in [0.4, 0.5) is 0 Å². The van der Waals surface area contributed by atoms with E-state index in [0.717, 1.165) is 5.56 Å². The maximum absolute atomic E-state index is 11.0. The largest absolute Gasteiger partial charge is 0.402 e. The van der Waals surface area contributed by atoms with Crippen molar-refractivity contribution in [2.24, 2.45) is 11.5 Å². The summed E-state index contributed by atoms with van der Waals surface area (Å²) >= 11 is 0. The summed E-state index contributed by atoms with van der Waals surface area (Å²) in [5.41, 5.74) is 12.8. The van der Waals surface area contributed by atoms with E-state index in [4.69, 9.17) is 11.5 Å². The molecule has 1 aromatic rings. The third-order valence-corrected chi connectivity index (χ3v) is 2.00. The van der Waals surface area contributed by atoms with E-state index in [1.807, 2.05) is 30.3 Å². The summed E-state index contributed by atoms with van der Waals surface area (Å²) in [5, 5.41) is 0. The van der Waals surface area contributed by atoms with Gasteiger partial charge in [0.15, 0.2) is 0 Å². The Hall–Kier alpha value is -1.77. The maximum Gasteiger partial charge on any atom is 0.246 e. The Morgan fingerprint density at radius 3 is 2.21 bits per heavy atom. The van der Waals surface area contributed by atoms with Crippen LogP contribution in [-0.2, 0) is 11.2 Å². The Bertz CT molecular complexity index is 351. The molecule has 0 bridgehead atoms. The van der Waals surface area contributed by atoms with Crippen LogP contribution in [0.3, 0.4) is 0 Å². The number of primary amides is 1. The zero-order valence-electron chi connectivity index (χ0n) is 8.16. The van der Waals surface area contributed by atoms with E-state index in [2.05, 4.69) is 0 Å². The van der Waals surface area contributed by atoms with Gasteiger partial charge >= 0.3 is 0 Å². The molecule has 3 nitrogen and oxygen atoms in total. The number of carbonyl (C=O) groups is 1. The van der Waals surface area contributed by atoms with Crippen LogP contribution in [-0.4, -0.2) is 5.91 Å². The maximum atomic E-state index is 11.0. The minimum absolute atomic E-state index is 0.450. The standard InChI is InChI=1S/C11H14N2O/c1-8(12)10(11(13)14)7-9-5-3-2-4-6-9/h2-6H,7,12H2,1H3,(H2,13,14). The Morgan fingerprint density at radius 1 is 1.21 bits per heavy atom. The molecule has 0 fully saturated rings. The van der Waals surface area contributed by atoms with Gasteiger partial charge in [-0.15, -0.1) is 0 Å². The molecule has 0 aliphatic rings. The van der Waals surface area contributed by atoms with Gasteiger partial charge in [-0.3, -0.25) is 4.79 Å². The third-order valence-electron chi connectivity index (χ3n) is 2.00. The molecule has 1 amide bonds. The summed E-state index contributed by atoms with van der Waals surface area (Å²) in [7, 11) is 0. The molecule has 1 aromatic carbocycles. The molecular weight excluding hydrogens is 176 g/mol. The Labute approximate surface area is 83.4 Å². The Morgan fingerprint density at radius 2 is 1.79 bits per heavy atom. The smallest absolute Gasteiger partial charge is 0.246 e. The quantitative estimate of drug-likeness (QED) is 0.696. The molecule has 0 atom stereocenters. The number of rotatable bonds is 3. The van der Waals surface area contributed by atoms with Gasteiger partial charge in [0.1, 0.15) is 0 Å². The SMILES string of the molecule is CC(N)=C(Cc1ccccc1)C(N)=O. The van der Waals surface area contributed by atoms with Gasteiger partial charge in [-0.25, -0.2) is 0 Å². The van der Waals surface area contributed by atoms with Gasteiger partial charge in [0, 0.05) is 17.7 Å². The van der Waals surface area contributed by atoms with E-state index in [1.165, 1.54) is 0 Å². The zero-order chi connectivity index (χ0) is 10.6. The summed E-state index contributed by atoms with van der Waals surface area (Å²) in [4.78, 5) is 11.0. The van der Waals surface area contributed by atoms with Gasteiger partial charge in [0.2, 0.25) is 5.91 Å². The lowest BCUT2D eigenvalue weighted by molar-refractivity contribution is -0.114. The molecule has 0 aliphatic carbocycles. The van der Waals surface area contributed by atoms with Crippen LogP contribution in [0.25, 0.3) is 0 Å². The zero-order valence-corrected chi connectivity index (χ0v) is 8.16. The van der Waals surface area contributed by atoms with Gasteiger partial charge in [-0.2, -0.15) is 0 Å². The van der Waals surface area contributed by atoms with Crippen LogP contribution in [0.5, 0.6) is 0 Å². The number of hydrogen-bond acceptors (Lipinski definition) is 2. The topological polar surface area (TPSA) is 69.1 Å². The summed E-state index contributed by atoms with van der Waals surface area (Å²) in [6.45, 7) is 1.68. The monoisotopic (exact) mass is 190 g/mol. The van der Waals surface area contributed by atoms with Crippen LogP contribution >= 0.6 is 0 Å². The molecule has 74 valence electrons. The highest BCUT2D eigenvalue weighted by Gasteiger charge is 2.07. The molecule has 0 heterocycles. The predicted octanol–water partition coefficient (Wildman–Crippen LogP) is 0.947. The number of amides is 1. The molecule has 0 unspecified atom stereocenters. The van der Waals surface area contributed by atoms with Crippen LogP contribution in [0.15, 0.2) is 41.6 Å². The molecule has 0 saturated carbocycles. The van der Waals surface area contributed by atoms with Gasteiger partial charge in [-0.05, 0) is 12.5 Å². The molecule has 0 spiro atoms. The van der Waals surface area contributed by atoms with Crippen LogP contribution in [0.2, 0.25) is 0 Å². The van der Waals surface area contributed by atoms with E-state index >= 15 is 0 Å². The van der Waals surface area contributed by atoms with E-state index in [1.54, 1.807) is 6.92 Å². The molecule has 0 aromatic heterocycles. The van der Waals surface area contributed by atoms with Crippen molar-refractivity contribution in [1.29, 1.82) is 0 Å². The fourth-order valence-corrected chi connectivity index (χ4v) is 1.22. The van der Waals surface area contributed by atoms with Crippen molar-refractivity contribution in [3.8, 4) is 0 Å². The van der Waals surface area contributed by atoms with E-state index in [0.29, 0.717) is 17.7 Å². The first-order chi connectivity index (χ1) is 6.61. The number of allylic oxidation sites excluding steroid dienone is 1. The van der Waals surface area contributed by atoms with Gasteiger partial charge < -0.3 is 11.5 Å². The lowest BCUT2D eigenvalue weighted by Crippen LogP contribution is -2.19. The van der Waals surface area contributed by atoms with E-state index in [9.17, 15) is 4.79 Å². The number of benzene rings is 1. The highest BCUT2D eigenvalue weighted by atomic mass is 16.1. The first-order valence-electron chi connectivity index (χ1n) is 4.40. The highest BCUT2D eigenvalue weighted by Crippen LogP contribution is 2.09. The second-order valence-electron chi connectivity index (χ2n) is 3.19. The van der Waals surface area contributed by atoms with Crippen molar-refractivity contribution in [3.63, 3.8) is 0 Å². The Balaban J connectivity index is 2.87. The lowest BCUT2D eigenvalue weighted by atomic mass is 10.0. The van der Waals surface area contributed by atoms with Crippen molar-refractivity contribution in [2.45, 2.75) is 13.3 Å². The van der Waals surface area contributed by atoms with Gasteiger partial charge in [-0.1, -0.05) is 30.3 Å². The number of hydrogen-bond donors (Lipinski definition) is 2. The first-order valence-corrected chi connectivity index (χ1v) is 4.40. The lowest BCUT2D eigenvalue weighted by Gasteiger charge is -2.05. The average Bonchev–Trinajstić information content (AvgIpc) is 2.15. The summed E-state index contributed by atoms with van der Waals surface area (Å²) < 4.78 is 0. The van der Waals surface area contributed by atoms with Crippen molar-refractivity contribution in [2.75, 3.05) is 0 Å². The highest BCUT2D eigenvalue weighted by molar-refractivity contribution is 5.92. The number of carbonyl (C=O) groups excluding carboxylic acids is 1. The van der Waals surface area contributed by atoms with Crippen molar-refractivity contribution < 1.29 is 4.79 Å². The normalized spacial score (nSPS) is 12.1. The van der Waals surface area contributed by atoms with Crippen molar-refractivity contribution in [3.05, 3.63) is 47.2 Å². The molecule has 0 radical (unpaired) electrons. The second kappa shape index (κ2) is 4.46. The molecule has 4 N–H and O–H groups in total. The van der Waals surface area contributed by atoms with Gasteiger partial charge in [0.25, 0.3) is 0 Å². The van der Waals surface area contributed by atoms with Crippen LogP contribution < -0.4 is 11.5 Å². The van der Waals surface area contributed by atoms with Gasteiger partial charge in [0.05, 0.1) is 0 Å². The summed E-state index contributed by atoms with van der Waals surface area (Å²) in [6, 6.07) is 9.63. The van der Waals surface area contributed by atoms with Crippen molar-refractivity contribution >= 4 is 5.91 Å². The number of nitrogens with two attached hydrogens (primary N) is 2. The molecular formula is C11H14N2O.